The van der Waals surface area contributed by atoms with Gasteiger partial charge < -0.3 is 9.64 Å². The fraction of sp³-hybridized carbons (Fsp3) is 0.294. The number of benzene rings is 1. The molecular weight excluding hydrogens is 310 g/mol. The van der Waals surface area contributed by atoms with Crippen LogP contribution in [0.15, 0.2) is 42.6 Å². The number of nitro groups is 1. The second-order valence-corrected chi connectivity index (χ2v) is 5.62. The number of rotatable bonds is 5. The Bertz CT molecular complexity index is 708. The second-order valence-electron chi connectivity index (χ2n) is 5.62. The zero-order valence-electron chi connectivity index (χ0n) is 13.0. The molecule has 124 valence electrons. The molecule has 0 spiro atoms. The van der Waals surface area contributed by atoms with Gasteiger partial charge in [-0.05, 0) is 30.3 Å². The zero-order valence-corrected chi connectivity index (χ0v) is 13.0. The lowest BCUT2D eigenvalue weighted by Gasteiger charge is -2.32. The lowest BCUT2D eigenvalue weighted by atomic mass is 10.1. The molecule has 24 heavy (non-hydrogen) atoms. The Morgan fingerprint density at radius 2 is 1.88 bits per heavy atom. The molecule has 1 saturated heterocycles. The van der Waals surface area contributed by atoms with Crippen LogP contribution in [0.1, 0.15) is 23.2 Å². The molecule has 0 amide bonds. The third-order valence-corrected chi connectivity index (χ3v) is 4.03. The van der Waals surface area contributed by atoms with Crippen molar-refractivity contribution in [2.24, 2.45) is 0 Å². The van der Waals surface area contributed by atoms with E-state index in [1.807, 2.05) is 0 Å². The minimum Gasteiger partial charge on any atom is -0.490 e. The summed E-state index contributed by atoms with van der Waals surface area (Å²) in [7, 11) is 0. The van der Waals surface area contributed by atoms with Gasteiger partial charge in [0.15, 0.2) is 0 Å². The Balaban J connectivity index is 1.55. The van der Waals surface area contributed by atoms with Gasteiger partial charge in [-0.15, -0.1) is 0 Å². The number of ether oxygens (including phenoxy) is 1. The summed E-state index contributed by atoms with van der Waals surface area (Å²) in [6.07, 6.45) is 3.88. The van der Waals surface area contributed by atoms with E-state index in [2.05, 4.69) is 9.88 Å². The first-order valence-electron chi connectivity index (χ1n) is 7.73. The topological polar surface area (TPSA) is 85.6 Å². The average molecular weight is 327 g/mol. The summed E-state index contributed by atoms with van der Waals surface area (Å²) in [5.41, 5.74) is 0.622. The minimum atomic E-state index is -0.452. The molecule has 0 unspecified atom stereocenters. The molecule has 0 radical (unpaired) electrons. The van der Waals surface area contributed by atoms with E-state index in [0.717, 1.165) is 43.8 Å². The molecule has 1 aliphatic rings. The number of aldehydes is 1. The van der Waals surface area contributed by atoms with Gasteiger partial charge in [0.2, 0.25) is 0 Å². The van der Waals surface area contributed by atoms with Crippen LogP contribution in [0, 0.1) is 10.1 Å². The fourth-order valence-electron chi connectivity index (χ4n) is 2.69. The first-order valence-corrected chi connectivity index (χ1v) is 7.73. The predicted octanol–water partition coefficient (Wildman–Crippen LogP) is 2.85. The molecule has 0 N–H and O–H groups in total. The SMILES string of the molecule is O=Cc1ccc(OC2CCN(c3ccc([N+](=O)[O-])cn3)CC2)cc1. The fourth-order valence-corrected chi connectivity index (χ4v) is 2.69. The Morgan fingerprint density at radius 1 is 1.17 bits per heavy atom. The van der Waals surface area contributed by atoms with Crippen molar-refractivity contribution in [3.8, 4) is 5.75 Å². The number of hydrogen-bond donors (Lipinski definition) is 0. The molecule has 3 rings (SSSR count). The minimum absolute atomic E-state index is 0.00394. The summed E-state index contributed by atoms with van der Waals surface area (Å²) in [6, 6.07) is 10.2. The molecule has 2 heterocycles. The standard InChI is InChI=1S/C17H17N3O4/c21-12-13-1-4-15(5-2-13)24-16-7-9-19(10-8-16)17-6-3-14(11-18-17)20(22)23/h1-6,11-12,16H,7-10H2. The number of pyridine rings is 1. The van der Waals surface area contributed by atoms with Crippen molar-refractivity contribution >= 4 is 17.8 Å². The van der Waals surface area contributed by atoms with E-state index in [-0.39, 0.29) is 11.8 Å². The van der Waals surface area contributed by atoms with Crippen molar-refractivity contribution in [2.75, 3.05) is 18.0 Å². The van der Waals surface area contributed by atoms with Crippen molar-refractivity contribution in [3.05, 3.63) is 58.3 Å². The van der Waals surface area contributed by atoms with E-state index in [0.29, 0.717) is 5.56 Å². The van der Waals surface area contributed by atoms with Crippen LogP contribution in [0.3, 0.4) is 0 Å². The van der Waals surface area contributed by atoms with E-state index in [9.17, 15) is 14.9 Å². The number of carbonyl (C=O) groups is 1. The Kier molecular flexibility index (Phi) is 4.69. The van der Waals surface area contributed by atoms with E-state index in [1.54, 1.807) is 30.3 Å². The van der Waals surface area contributed by atoms with Crippen molar-refractivity contribution in [2.45, 2.75) is 18.9 Å². The Labute approximate surface area is 139 Å². The van der Waals surface area contributed by atoms with Crippen molar-refractivity contribution in [1.29, 1.82) is 0 Å². The van der Waals surface area contributed by atoms with Crippen LogP contribution >= 0.6 is 0 Å². The lowest BCUT2D eigenvalue weighted by Crippen LogP contribution is -2.38. The quantitative estimate of drug-likeness (QED) is 0.477. The third kappa shape index (κ3) is 3.68. The summed E-state index contributed by atoms with van der Waals surface area (Å²) in [4.78, 5) is 27.1. The molecule has 1 fully saturated rings. The van der Waals surface area contributed by atoms with Gasteiger partial charge in [0.05, 0.1) is 4.92 Å². The highest BCUT2D eigenvalue weighted by Crippen LogP contribution is 2.23. The van der Waals surface area contributed by atoms with E-state index < -0.39 is 4.92 Å². The number of nitrogens with zero attached hydrogens (tertiary/aromatic N) is 3. The zero-order chi connectivity index (χ0) is 16.9. The molecule has 1 aromatic carbocycles. The van der Waals surface area contributed by atoms with Crippen LogP contribution in [0.4, 0.5) is 11.5 Å². The molecule has 0 atom stereocenters. The Morgan fingerprint density at radius 3 is 2.42 bits per heavy atom. The van der Waals surface area contributed by atoms with Gasteiger partial charge in [-0.2, -0.15) is 0 Å². The average Bonchev–Trinajstić information content (AvgIpc) is 2.63. The first-order chi connectivity index (χ1) is 11.7. The third-order valence-electron chi connectivity index (χ3n) is 4.03. The normalized spacial score (nSPS) is 15.1. The maximum atomic E-state index is 10.7. The lowest BCUT2D eigenvalue weighted by molar-refractivity contribution is -0.385. The van der Waals surface area contributed by atoms with Crippen LogP contribution in [-0.4, -0.2) is 35.4 Å². The highest BCUT2D eigenvalue weighted by molar-refractivity contribution is 5.74. The number of hydrogen-bond acceptors (Lipinski definition) is 6. The Hall–Kier alpha value is -2.96. The number of carbonyl (C=O) groups excluding carboxylic acids is 1. The van der Waals surface area contributed by atoms with Crippen LogP contribution in [0.5, 0.6) is 5.75 Å². The van der Waals surface area contributed by atoms with Crippen LogP contribution in [-0.2, 0) is 0 Å². The van der Waals surface area contributed by atoms with Gasteiger partial charge in [0.25, 0.3) is 5.69 Å². The monoisotopic (exact) mass is 327 g/mol. The maximum Gasteiger partial charge on any atom is 0.287 e. The summed E-state index contributed by atoms with van der Waals surface area (Å²) >= 11 is 0. The van der Waals surface area contributed by atoms with Crippen LogP contribution < -0.4 is 9.64 Å². The first kappa shape index (κ1) is 15.9. The van der Waals surface area contributed by atoms with E-state index >= 15 is 0 Å². The number of piperidine rings is 1. The van der Waals surface area contributed by atoms with Crippen molar-refractivity contribution < 1.29 is 14.5 Å². The molecule has 2 aromatic rings. The molecular formula is C17H17N3O4. The molecule has 0 aliphatic carbocycles. The highest BCUT2D eigenvalue weighted by atomic mass is 16.6. The second kappa shape index (κ2) is 7.08. The van der Waals surface area contributed by atoms with Gasteiger partial charge in [-0.25, -0.2) is 4.98 Å². The van der Waals surface area contributed by atoms with Crippen LogP contribution in [0.25, 0.3) is 0 Å². The molecule has 1 aliphatic heterocycles. The van der Waals surface area contributed by atoms with Crippen LogP contribution in [0.2, 0.25) is 0 Å². The summed E-state index contributed by atoms with van der Waals surface area (Å²) in [5.74, 6) is 1.50. The molecule has 7 nitrogen and oxygen atoms in total. The van der Waals surface area contributed by atoms with Crippen molar-refractivity contribution in [1.82, 2.24) is 4.98 Å². The summed E-state index contributed by atoms with van der Waals surface area (Å²) < 4.78 is 5.94. The number of aromatic nitrogens is 1. The molecule has 0 bridgehead atoms. The van der Waals surface area contributed by atoms with Gasteiger partial charge in [0, 0.05) is 37.6 Å². The van der Waals surface area contributed by atoms with Gasteiger partial charge in [0.1, 0.15) is 30.2 Å². The van der Waals surface area contributed by atoms with Gasteiger partial charge in [-0.3, -0.25) is 14.9 Å². The highest BCUT2D eigenvalue weighted by Gasteiger charge is 2.22. The smallest absolute Gasteiger partial charge is 0.287 e. The molecule has 1 aromatic heterocycles. The molecule has 7 heteroatoms. The number of anilines is 1. The van der Waals surface area contributed by atoms with Gasteiger partial charge >= 0.3 is 0 Å². The van der Waals surface area contributed by atoms with Crippen molar-refractivity contribution in [3.63, 3.8) is 0 Å². The predicted molar refractivity (Wildman–Crippen MR) is 88.6 cm³/mol. The summed E-state index contributed by atoms with van der Waals surface area (Å²) in [5, 5.41) is 10.7. The largest absolute Gasteiger partial charge is 0.490 e. The van der Waals surface area contributed by atoms with Gasteiger partial charge in [-0.1, -0.05) is 0 Å². The summed E-state index contributed by atoms with van der Waals surface area (Å²) in [6.45, 7) is 1.56. The maximum absolute atomic E-state index is 10.7. The molecule has 0 saturated carbocycles. The van der Waals surface area contributed by atoms with E-state index in [1.165, 1.54) is 12.3 Å². The van der Waals surface area contributed by atoms with E-state index in [4.69, 9.17) is 4.74 Å².